The van der Waals surface area contributed by atoms with Gasteiger partial charge in [0.1, 0.15) is 6.54 Å². The molecule has 0 saturated heterocycles. The summed E-state index contributed by atoms with van der Waals surface area (Å²) < 4.78 is 61.4. The fraction of sp³-hybridized carbons (Fsp3) is 0.400. The van der Waals surface area contributed by atoms with E-state index >= 15 is 0 Å². The van der Waals surface area contributed by atoms with Gasteiger partial charge in [-0.25, -0.2) is 13.1 Å². The van der Waals surface area contributed by atoms with Gasteiger partial charge in [0.25, 0.3) is 0 Å². The average molecular weight is 282 g/mol. The zero-order valence-corrected chi connectivity index (χ0v) is 10.6. The summed E-state index contributed by atoms with van der Waals surface area (Å²) in [5, 5.41) is 0. The van der Waals surface area contributed by atoms with Gasteiger partial charge in [0.15, 0.2) is 0 Å². The summed E-state index contributed by atoms with van der Waals surface area (Å²) in [6, 6.07) is 5.17. The van der Waals surface area contributed by atoms with Crippen molar-refractivity contribution in [1.29, 1.82) is 0 Å². The first-order valence-corrected chi connectivity index (χ1v) is 6.45. The second-order valence-corrected chi connectivity index (χ2v) is 5.56. The molecule has 1 rings (SSSR count). The number of rotatable bonds is 4. The van der Waals surface area contributed by atoms with E-state index in [9.17, 15) is 21.6 Å². The van der Waals surface area contributed by atoms with Crippen molar-refractivity contribution < 1.29 is 21.6 Å². The number of hydrogen-bond acceptors (Lipinski definition) is 3. The highest BCUT2D eigenvalue weighted by atomic mass is 32.2. The maximum Gasteiger partial charge on any atom is 0.405 e. The van der Waals surface area contributed by atoms with Crippen LogP contribution < -0.4 is 9.62 Å². The quantitative estimate of drug-likeness (QED) is 0.912. The minimum Gasteiger partial charge on any atom is -0.366 e. The Labute approximate surface area is 103 Å². The van der Waals surface area contributed by atoms with E-state index in [1.807, 2.05) is 0 Å². The van der Waals surface area contributed by atoms with Crippen molar-refractivity contribution in [2.45, 2.75) is 11.1 Å². The van der Waals surface area contributed by atoms with Crippen molar-refractivity contribution in [1.82, 2.24) is 4.72 Å². The first-order valence-electron chi connectivity index (χ1n) is 4.97. The van der Waals surface area contributed by atoms with Crippen LogP contribution in [0.2, 0.25) is 0 Å². The molecule has 0 aromatic heterocycles. The minimum absolute atomic E-state index is 0.00848. The highest BCUT2D eigenvalue weighted by molar-refractivity contribution is 7.89. The number of alkyl halides is 3. The van der Waals surface area contributed by atoms with E-state index in [4.69, 9.17) is 0 Å². The zero-order chi connectivity index (χ0) is 14.0. The van der Waals surface area contributed by atoms with Gasteiger partial charge in [-0.15, -0.1) is 0 Å². The number of halogens is 3. The third kappa shape index (κ3) is 3.88. The lowest BCUT2D eigenvalue weighted by Crippen LogP contribution is -2.30. The fourth-order valence-electron chi connectivity index (χ4n) is 1.36. The molecule has 0 aliphatic rings. The summed E-state index contributed by atoms with van der Waals surface area (Å²) >= 11 is 0. The van der Waals surface area contributed by atoms with Gasteiger partial charge in [-0.2, -0.15) is 13.2 Å². The summed E-state index contributed by atoms with van der Waals surface area (Å²) in [5.41, 5.74) is 0.294. The summed E-state index contributed by atoms with van der Waals surface area (Å²) in [7, 11) is -1.02. The van der Waals surface area contributed by atoms with Crippen LogP contribution >= 0.6 is 0 Å². The number of nitrogens with one attached hydrogen (secondary N) is 1. The predicted octanol–water partition coefficient (Wildman–Crippen LogP) is 1.59. The van der Waals surface area contributed by atoms with Gasteiger partial charge < -0.3 is 4.90 Å². The van der Waals surface area contributed by atoms with Gasteiger partial charge in [-0.1, -0.05) is 0 Å². The summed E-state index contributed by atoms with van der Waals surface area (Å²) in [6.45, 7) is -1.09. The number of benzene rings is 1. The summed E-state index contributed by atoms with van der Waals surface area (Å²) in [4.78, 5) is 1.00. The largest absolute Gasteiger partial charge is 0.405 e. The molecular formula is C10H13F3N2O2S. The molecule has 0 bridgehead atoms. The average Bonchev–Trinajstić information content (AvgIpc) is 2.27. The molecule has 4 nitrogen and oxygen atoms in total. The highest BCUT2D eigenvalue weighted by Gasteiger charge is 2.29. The van der Waals surface area contributed by atoms with E-state index in [2.05, 4.69) is 4.72 Å². The van der Waals surface area contributed by atoms with E-state index in [-0.39, 0.29) is 4.90 Å². The van der Waals surface area contributed by atoms with Gasteiger partial charge in [0.05, 0.1) is 4.90 Å². The van der Waals surface area contributed by atoms with Crippen LogP contribution in [0, 0.1) is 0 Å². The van der Waals surface area contributed by atoms with Crippen LogP contribution in [0.25, 0.3) is 0 Å². The van der Waals surface area contributed by atoms with E-state index in [1.54, 1.807) is 0 Å². The standard InChI is InChI=1S/C10H13F3N2O2S/c1-14-18(16,17)9-5-3-8(4-6-9)15(2)7-10(11,12)13/h3-6,14H,7H2,1-2H3. The first-order chi connectivity index (χ1) is 8.15. The van der Waals surface area contributed by atoms with Crippen molar-refractivity contribution in [2.75, 3.05) is 25.5 Å². The SMILES string of the molecule is CNS(=O)(=O)c1ccc(N(C)CC(F)(F)F)cc1. The van der Waals surface area contributed by atoms with Crippen LogP contribution in [-0.2, 0) is 10.0 Å². The maximum atomic E-state index is 12.2. The monoisotopic (exact) mass is 282 g/mol. The van der Waals surface area contributed by atoms with Crippen LogP contribution in [0.5, 0.6) is 0 Å². The predicted molar refractivity (Wildman–Crippen MR) is 62.0 cm³/mol. The summed E-state index contributed by atoms with van der Waals surface area (Å²) in [5.74, 6) is 0. The number of anilines is 1. The van der Waals surface area contributed by atoms with Crippen LogP contribution in [0.1, 0.15) is 0 Å². The normalized spacial score (nSPS) is 12.5. The molecule has 0 aliphatic carbocycles. The number of hydrogen-bond donors (Lipinski definition) is 1. The van der Waals surface area contributed by atoms with Gasteiger partial charge >= 0.3 is 6.18 Å². The third-order valence-electron chi connectivity index (χ3n) is 2.27. The van der Waals surface area contributed by atoms with E-state index < -0.39 is 22.7 Å². The molecule has 18 heavy (non-hydrogen) atoms. The lowest BCUT2D eigenvalue weighted by atomic mass is 10.3. The Hall–Kier alpha value is -1.28. The van der Waals surface area contributed by atoms with Crippen LogP contribution in [0.3, 0.4) is 0 Å². The third-order valence-corrected chi connectivity index (χ3v) is 3.70. The van der Waals surface area contributed by atoms with Crippen molar-refractivity contribution in [3.05, 3.63) is 24.3 Å². The van der Waals surface area contributed by atoms with E-state index in [1.165, 1.54) is 38.4 Å². The molecule has 0 amide bonds. The van der Waals surface area contributed by atoms with Crippen molar-refractivity contribution in [3.63, 3.8) is 0 Å². The fourth-order valence-corrected chi connectivity index (χ4v) is 2.09. The molecule has 0 atom stereocenters. The highest BCUT2D eigenvalue weighted by Crippen LogP contribution is 2.22. The topological polar surface area (TPSA) is 49.4 Å². The molecule has 1 aromatic carbocycles. The van der Waals surface area contributed by atoms with E-state index in [0.29, 0.717) is 5.69 Å². The first kappa shape index (κ1) is 14.8. The second-order valence-electron chi connectivity index (χ2n) is 3.67. The van der Waals surface area contributed by atoms with Crippen LogP contribution in [0.4, 0.5) is 18.9 Å². The lowest BCUT2D eigenvalue weighted by Gasteiger charge is -2.21. The molecule has 1 aromatic rings. The Balaban J connectivity index is 2.90. The minimum atomic E-state index is -4.30. The molecule has 0 radical (unpaired) electrons. The van der Waals surface area contributed by atoms with Gasteiger partial charge in [-0.3, -0.25) is 0 Å². The van der Waals surface area contributed by atoms with Crippen LogP contribution in [0.15, 0.2) is 29.2 Å². The Morgan fingerprint density at radius 2 is 1.72 bits per heavy atom. The molecule has 1 N–H and O–H groups in total. The van der Waals surface area contributed by atoms with Crippen molar-refractivity contribution in [2.24, 2.45) is 0 Å². The van der Waals surface area contributed by atoms with Gasteiger partial charge in [0, 0.05) is 12.7 Å². The van der Waals surface area contributed by atoms with Crippen molar-refractivity contribution in [3.8, 4) is 0 Å². The molecule has 0 spiro atoms. The number of sulfonamides is 1. The molecule has 8 heteroatoms. The molecule has 0 saturated carbocycles. The Morgan fingerprint density at radius 3 is 2.11 bits per heavy atom. The van der Waals surface area contributed by atoms with Gasteiger partial charge in [-0.05, 0) is 31.3 Å². The molecule has 102 valence electrons. The second kappa shape index (κ2) is 5.15. The molecule has 0 aliphatic heterocycles. The molecular weight excluding hydrogens is 269 g/mol. The molecule has 0 fully saturated rings. The molecule has 0 heterocycles. The Bertz CT molecular complexity index is 497. The maximum absolute atomic E-state index is 12.2. The van der Waals surface area contributed by atoms with Crippen molar-refractivity contribution >= 4 is 15.7 Å². The number of nitrogens with zero attached hydrogens (tertiary/aromatic N) is 1. The zero-order valence-electron chi connectivity index (χ0n) is 9.82. The van der Waals surface area contributed by atoms with E-state index in [0.717, 1.165) is 4.90 Å². The molecule has 0 unspecified atom stereocenters. The smallest absolute Gasteiger partial charge is 0.366 e. The summed E-state index contributed by atoms with van der Waals surface area (Å²) in [6.07, 6.45) is -4.30. The van der Waals surface area contributed by atoms with Crippen LogP contribution in [-0.4, -0.2) is 35.2 Å². The Morgan fingerprint density at radius 1 is 1.22 bits per heavy atom. The van der Waals surface area contributed by atoms with Gasteiger partial charge in [0.2, 0.25) is 10.0 Å². The lowest BCUT2D eigenvalue weighted by molar-refractivity contribution is -0.119. The Kier molecular flexibility index (Phi) is 4.23.